The zero-order chi connectivity index (χ0) is 29.9. The Morgan fingerprint density at radius 3 is 2.05 bits per heavy atom. The van der Waals surface area contributed by atoms with Crippen molar-refractivity contribution in [3.63, 3.8) is 0 Å². The Morgan fingerprint density at radius 2 is 1.52 bits per heavy atom. The first-order chi connectivity index (χ1) is 20.3. The maximum absolute atomic E-state index is 12.7. The van der Waals surface area contributed by atoms with Gasteiger partial charge in [-0.2, -0.15) is 5.26 Å². The van der Waals surface area contributed by atoms with Gasteiger partial charge in [0.1, 0.15) is 29.3 Å². The first kappa shape index (κ1) is 28.8. The summed E-state index contributed by atoms with van der Waals surface area (Å²) in [6, 6.07) is 26.6. The first-order valence-electron chi connectivity index (χ1n) is 13.3. The molecule has 1 saturated heterocycles. The van der Waals surface area contributed by atoms with Gasteiger partial charge in [-0.05, 0) is 47.9 Å². The van der Waals surface area contributed by atoms with E-state index in [0.717, 1.165) is 21.3 Å². The van der Waals surface area contributed by atoms with E-state index < -0.39 is 34.8 Å². The molecule has 10 heteroatoms. The highest BCUT2D eigenvalue weighted by Gasteiger charge is 2.50. The summed E-state index contributed by atoms with van der Waals surface area (Å²) in [6.45, 7) is 1.37. The van der Waals surface area contributed by atoms with Crippen molar-refractivity contribution in [2.24, 2.45) is 0 Å². The van der Waals surface area contributed by atoms with Crippen LogP contribution in [0.1, 0.15) is 28.7 Å². The molecule has 3 aromatic carbocycles. The van der Waals surface area contributed by atoms with Crippen molar-refractivity contribution >= 4 is 0 Å². The Bertz CT molecular complexity index is 1640. The van der Waals surface area contributed by atoms with Gasteiger partial charge in [-0.3, -0.25) is 14.3 Å². The van der Waals surface area contributed by atoms with Crippen molar-refractivity contribution in [3.8, 4) is 17.6 Å². The Kier molecular flexibility index (Phi) is 8.00. The van der Waals surface area contributed by atoms with E-state index in [1.54, 1.807) is 14.2 Å². The zero-order valence-corrected chi connectivity index (χ0v) is 23.4. The van der Waals surface area contributed by atoms with Gasteiger partial charge in [0.2, 0.25) is 5.72 Å². The third-order valence-electron chi connectivity index (χ3n) is 7.58. The van der Waals surface area contributed by atoms with Crippen molar-refractivity contribution in [1.29, 1.82) is 5.26 Å². The number of aromatic nitrogens is 2. The summed E-state index contributed by atoms with van der Waals surface area (Å²) in [4.78, 5) is 26.8. The van der Waals surface area contributed by atoms with E-state index in [4.69, 9.17) is 18.9 Å². The highest BCUT2D eigenvalue weighted by atomic mass is 16.6. The van der Waals surface area contributed by atoms with Crippen LogP contribution in [-0.4, -0.2) is 47.7 Å². The molecule has 1 aliphatic rings. The van der Waals surface area contributed by atoms with E-state index in [1.165, 1.54) is 13.1 Å². The predicted octanol–water partition coefficient (Wildman–Crippen LogP) is 3.20. The molecule has 1 aromatic heterocycles. The molecule has 0 aliphatic carbocycles. The summed E-state index contributed by atoms with van der Waals surface area (Å²) in [5.41, 5.74) is -1.78. The molecule has 3 atom stereocenters. The molecule has 4 aromatic rings. The van der Waals surface area contributed by atoms with Crippen LogP contribution in [-0.2, 0) is 20.8 Å². The number of hydrogen-bond donors (Lipinski definition) is 2. The number of aliphatic hydroxyl groups excluding tert-OH is 1. The monoisotopic (exact) mass is 569 g/mol. The molecule has 216 valence electrons. The van der Waals surface area contributed by atoms with Crippen LogP contribution in [0.2, 0.25) is 0 Å². The number of aryl methyl sites for hydroxylation is 1. The number of aromatic amines is 1. The molecule has 1 unspecified atom stereocenters. The van der Waals surface area contributed by atoms with Crippen molar-refractivity contribution in [2.75, 3.05) is 20.8 Å². The van der Waals surface area contributed by atoms with Crippen molar-refractivity contribution < 1.29 is 24.1 Å². The number of methoxy groups -OCH3 is 2. The zero-order valence-electron chi connectivity index (χ0n) is 23.4. The summed E-state index contributed by atoms with van der Waals surface area (Å²) in [6.07, 6.45) is -1.07. The van der Waals surface area contributed by atoms with Crippen LogP contribution in [0.4, 0.5) is 0 Å². The van der Waals surface area contributed by atoms with Gasteiger partial charge in [0.15, 0.2) is 0 Å². The summed E-state index contributed by atoms with van der Waals surface area (Å²) in [7, 11) is 3.18. The number of benzene rings is 3. The minimum absolute atomic E-state index is 0.144. The Labute approximate surface area is 242 Å². The lowest BCUT2D eigenvalue weighted by Crippen LogP contribution is -2.44. The second-order valence-electron chi connectivity index (χ2n) is 10.1. The van der Waals surface area contributed by atoms with Gasteiger partial charge >= 0.3 is 5.69 Å². The predicted molar refractivity (Wildman–Crippen MR) is 153 cm³/mol. The van der Waals surface area contributed by atoms with Crippen molar-refractivity contribution in [2.45, 2.75) is 36.9 Å². The van der Waals surface area contributed by atoms with Crippen LogP contribution >= 0.6 is 0 Å². The van der Waals surface area contributed by atoms with Gasteiger partial charge in [-0.15, -0.1) is 0 Å². The lowest BCUT2D eigenvalue weighted by molar-refractivity contribution is -0.117. The molecule has 0 bridgehead atoms. The smallest absolute Gasteiger partial charge is 0.331 e. The lowest BCUT2D eigenvalue weighted by Gasteiger charge is -2.37. The molecule has 5 rings (SSSR count). The average molecular weight is 570 g/mol. The second kappa shape index (κ2) is 11.7. The number of nitrogens with zero attached hydrogens (tertiary/aromatic N) is 2. The highest BCUT2D eigenvalue weighted by molar-refractivity contribution is 5.49. The van der Waals surface area contributed by atoms with Gasteiger partial charge in [0, 0.05) is 18.2 Å². The Balaban J connectivity index is 1.58. The Morgan fingerprint density at radius 1 is 0.976 bits per heavy atom. The molecule has 10 nitrogen and oxygen atoms in total. The van der Waals surface area contributed by atoms with Gasteiger partial charge in [0.25, 0.3) is 5.56 Å². The summed E-state index contributed by atoms with van der Waals surface area (Å²) >= 11 is 0. The molecular weight excluding hydrogens is 538 g/mol. The quantitative estimate of drug-likeness (QED) is 0.294. The van der Waals surface area contributed by atoms with Crippen molar-refractivity contribution in [1.82, 2.24) is 9.55 Å². The van der Waals surface area contributed by atoms with E-state index in [2.05, 4.69) is 4.98 Å². The normalized spacial score (nSPS) is 20.2. The minimum Gasteiger partial charge on any atom is -0.497 e. The van der Waals surface area contributed by atoms with Crippen LogP contribution in [0, 0.1) is 18.3 Å². The standard InChI is InChI=1S/C32H31N3O7/c1-21-18-35(30(38)34-29(21)37)31(20-33)17-27(36)28(42-31)19-41-32(22-7-5-4-6-8-22,23-9-13-25(39-2)14-10-23)24-11-15-26(40-3)16-12-24/h4-16,18,27-28,36H,17,19H2,1-3H3,(H,34,37,38)/t27?,28-,31+/m1/s1. The molecule has 0 spiro atoms. The van der Waals surface area contributed by atoms with E-state index in [9.17, 15) is 20.0 Å². The van der Waals surface area contributed by atoms with E-state index in [-0.39, 0.29) is 18.6 Å². The van der Waals surface area contributed by atoms with Crippen LogP contribution < -0.4 is 20.7 Å². The first-order valence-corrected chi connectivity index (χ1v) is 13.3. The Hall–Kier alpha value is -4.69. The van der Waals surface area contributed by atoms with Gasteiger partial charge < -0.3 is 24.1 Å². The van der Waals surface area contributed by atoms with Crippen LogP contribution in [0.25, 0.3) is 0 Å². The second-order valence-corrected chi connectivity index (χ2v) is 10.1. The molecule has 0 radical (unpaired) electrons. The van der Waals surface area contributed by atoms with Crippen LogP contribution in [0.3, 0.4) is 0 Å². The minimum atomic E-state index is -1.84. The molecule has 42 heavy (non-hydrogen) atoms. The SMILES string of the molecule is COc1ccc(C(OC[C@H]2O[C@@](C#N)(n3cc(C)c(=O)[nH]c3=O)CC2O)(c2ccccc2)c2ccc(OC)cc2)cc1. The van der Waals surface area contributed by atoms with Gasteiger partial charge in [0.05, 0.1) is 26.9 Å². The fourth-order valence-corrected chi connectivity index (χ4v) is 5.33. The number of rotatable bonds is 9. The van der Waals surface area contributed by atoms with Crippen molar-refractivity contribution in [3.05, 3.63) is 128 Å². The molecule has 2 heterocycles. The molecule has 1 aliphatic heterocycles. The number of aliphatic hydroxyl groups is 1. The van der Waals surface area contributed by atoms with Crippen LogP contribution in [0.5, 0.6) is 11.5 Å². The van der Waals surface area contributed by atoms with E-state index >= 15 is 0 Å². The maximum atomic E-state index is 12.7. The topological polar surface area (TPSA) is 136 Å². The fraction of sp³-hybridized carbons (Fsp3) is 0.281. The number of ether oxygens (including phenoxy) is 4. The largest absolute Gasteiger partial charge is 0.497 e. The molecule has 1 fully saturated rings. The summed E-state index contributed by atoms with van der Waals surface area (Å²) in [5.74, 6) is 1.34. The van der Waals surface area contributed by atoms with Crippen LogP contribution in [0.15, 0.2) is 94.6 Å². The number of nitrogens with one attached hydrogen (secondary N) is 1. The van der Waals surface area contributed by atoms with Gasteiger partial charge in [-0.25, -0.2) is 4.79 Å². The lowest BCUT2D eigenvalue weighted by atomic mass is 9.80. The highest BCUT2D eigenvalue weighted by Crippen LogP contribution is 2.43. The van der Waals surface area contributed by atoms with E-state index in [0.29, 0.717) is 11.5 Å². The van der Waals surface area contributed by atoms with E-state index in [1.807, 2.05) is 84.9 Å². The van der Waals surface area contributed by atoms with Gasteiger partial charge in [-0.1, -0.05) is 54.6 Å². The fourth-order valence-electron chi connectivity index (χ4n) is 5.33. The molecular formula is C32H31N3O7. The maximum Gasteiger partial charge on any atom is 0.331 e. The summed E-state index contributed by atoms with van der Waals surface area (Å²) < 4.78 is 24.7. The third-order valence-corrected chi connectivity index (χ3v) is 7.58. The number of H-pyrrole nitrogens is 1. The summed E-state index contributed by atoms with van der Waals surface area (Å²) in [5, 5.41) is 21.2. The third kappa shape index (κ3) is 5.10. The average Bonchev–Trinajstić information content (AvgIpc) is 3.36. The number of hydrogen-bond acceptors (Lipinski definition) is 8. The molecule has 0 amide bonds. The molecule has 2 N–H and O–H groups in total. The number of nitriles is 1. The molecule has 0 saturated carbocycles.